The zero-order valence-corrected chi connectivity index (χ0v) is 25.6. The van der Waals surface area contributed by atoms with Crippen molar-refractivity contribution >= 4 is 34.3 Å². The summed E-state index contributed by atoms with van der Waals surface area (Å²) in [6, 6.07) is 5.00. The molecule has 1 aliphatic heterocycles. The summed E-state index contributed by atoms with van der Waals surface area (Å²) in [7, 11) is 1.47. The number of hydrogen-bond donors (Lipinski definition) is 3. The number of nitrogens with zero attached hydrogens (tertiary/aromatic N) is 3. The van der Waals surface area contributed by atoms with Gasteiger partial charge in [-0.15, -0.1) is 0 Å². The molecule has 2 aromatic heterocycles. The van der Waals surface area contributed by atoms with Crippen molar-refractivity contribution in [2.75, 3.05) is 20.3 Å². The van der Waals surface area contributed by atoms with Gasteiger partial charge in [0.2, 0.25) is 5.91 Å². The molecule has 0 saturated heterocycles. The molecule has 4 N–H and O–H groups in total. The normalized spacial score (nSPS) is 20.2. The number of nitrogens with two attached hydrogens (primary N) is 1. The molecule has 3 aliphatic rings. The molecule has 2 aliphatic carbocycles. The number of carbonyl (C=O) groups is 2. The van der Waals surface area contributed by atoms with Gasteiger partial charge in [0.25, 0.3) is 5.91 Å². The van der Waals surface area contributed by atoms with Crippen molar-refractivity contribution in [2.45, 2.75) is 49.7 Å². The summed E-state index contributed by atoms with van der Waals surface area (Å²) in [6.07, 6.45) is 4.82. The van der Waals surface area contributed by atoms with E-state index in [1.807, 2.05) is 10.9 Å². The third-order valence-corrected chi connectivity index (χ3v) is 9.42. The minimum Gasteiger partial charge on any atom is -0.494 e. The molecule has 240 valence electrons. The summed E-state index contributed by atoms with van der Waals surface area (Å²) in [6.45, 7) is 0.489. The number of rotatable bonds is 9. The zero-order valence-electron chi connectivity index (χ0n) is 24.8. The fraction of sp³-hybridized carbons (Fsp3) is 0.375. The van der Waals surface area contributed by atoms with Gasteiger partial charge in [0.05, 0.1) is 30.3 Å². The number of primary amides is 1. The number of ether oxygens (including phenoxy) is 2. The minimum absolute atomic E-state index is 0.221. The van der Waals surface area contributed by atoms with Gasteiger partial charge in [0.15, 0.2) is 11.6 Å². The Hall–Kier alpha value is -4.36. The third kappa shape index (κ3) is 4.75. The molecule has 2 saturated carbocycles. The summed E-state index contributed by atoms with van der Waals surface area (Å²) < 4.78 is 58.9. The lowest BCUT2D eigenvalue weighted by atomic mass is 9.80. The van der Waals surface area contributed by atoms with E-state index >= 15 is 8.78 Å². The third-order valence-electron chi connectivity index (χ3n) is 9.13. The van der Waals surface area contributed by atoms with E-state index in [0.717, 1.165) is 18.9 Å². The number of carbonyl (C=O) groups excluding carboxylic acids is 2. The Kier molecular flexibility index (Phi) is 6.98. The molecule has 2 fully saturated rings. The van der Waals surface area contributed by atoms with Crippen molar-refractivity contribution in [3.63, 3.8) is 0 Å². The number of aromatic nitrogens is 3. The standard InChI is InChI=1S/C32H29ClF3N5O5/c1-31(30(37)43)13-46-27-23(31)24(36)28(39-26(27)18-9-19(33)21(35)10-20(18)34)32(44,16-3-4-16)12-38-29(42)14-7-15-11-41(17-5-6-17)40-25(15)22(8-14)45-2/h7-11,16-17,44H,3-6,12-13H2,1-2H3,(H2,37,43)(H,38,42)/t31-,32?/m1/s1. The van der Waals surface area contributed by atoms with Crippen LogP contribution in [-0.2, 0) is 15.8 Å². The van der Waals surface area contributed by atoms with Crippen LogP contribution >= 0.6 is 11.6 Å². The average molecular weight is 656 g/mol. The van der Waals surface area contributed by atoms with E-state index < -0.39 is 63.5 Å². The highest BCUT2D eigenvalue weighted by atomic mass is 35.5. The molecule has 3 heterocycles. The van der Waals surface area contributed by atoms with Gasteiger partial charge in [-0.2, -0.15) is 5.10 Å². The van der Waals surface area contributed by atoms with Crippen LogP contribution in [0, 0.1) is 23.4 Å². The predicted molar refractivity (Wildman–Crippen MR) is 160 cm³/mol. The van der Waals surface area contributed by atoms with E-state index in [1.54, 1.807) is 6.07 Å². The maximum atomic E-state index is 16.6. The lowest BCUT2D eigenvalue weighted by molar-refractivity contribution is -0.123. The lowest BCUT2D eigenvalue weighted by Crippen LogP contribution is -2.45. The van der Waals surface area contributed by atoms with Gasteiger partial charge in [-0.3, -0.25) is 14.3 Å². The van der Waals surface area contributed by atoms with E-state index in [1.165, 1.54) is 20.1 Å². The van der Waals surface area contributed by atoms with E-state index in [9.17, 15) is 19.1 Å². The van der Waals surface area contributed by atoms with Crippen LogP contribution in [0.4, 0.5) is 13.2 Å². The largest absolute Gasteiger partial charge is 0.494 e. The lowest BCUT2D eigenvalue weighted by Gasteiger charge is -2.30. The summed E-state index contributed by atoms with van der Waals surface area (Å²) in [5.74, 6) is -5.13. The molecule has 2 aromatic carbocycles. The molecule has 0 radical (unpaired) electrons. The van der Waals surface area contributed by atoms with Crippen LogP contribution in [0.5, 0.6) is 11.5 Å². The Bertz CT molecular complexity index is 1960. The molecular weight excluding hydrogens is 627 g/mol. The van der Waals surface area contributed by atoms with Gasteiger partial charge in [0.1, 0.15) is 51.9 Å². The quantitative estimate of drug-likeness (QED) is 0.223. The van der Waals surface area contributed by atoms with Gasteiger partial charge in [-0.1, -0.05) is 11.6 Å². The molecule has 2 amide bonds. The number of hydrogen-bond acceptors (Lipinski definition) is 7. The van der Waals surface area contributed by atoms with Crippen molar-refractivity contribution in [3.05, 3.63) is 69.8 Å². The number of pyridine rings is 1. The van der Waals surface area contributed by atoms with E-state index in [0.29, 0.717) is 41.6 Å². The Labute approximate surface area is 265 Å². The summed E-state index contributed by atoms with van der Waals surface area (Å²) in [5, 5.41) is 19.7. The summed E-state index contributed by atoms with van der Waals surface area (Å²) in [5.41, 5.74) is 1.17. The molecule has 1 unspecified atom stereocenters. The molecular formula is C32H29ClF3N5O5. The van der Waals surface area contributed by atoms with E-state index in [-0.39, 0.29) is 34.7 Å². The van der Waals surface area contributed by atoms with Crippen LogP contribution in [0.3, 0.4) is 0 Å². The van der Waals surface area contributed by atoms with Crippen LogP contribution in [0.15, 0.2) is 30.5 Å². The van der Waals surface area contributed by atoms with E-state index in [4.69, 9.17) is 26.8 Å². The van der Waals surface area contributed by atoms with Crippen LogP contribution in [-0.4, -0.2) is 51.9 Å². The Morgan fingerprint density at radius 1 is 1.20 bits per heavy atom. The smallest absolute Gasteiger partial charge is 0.251 e. The monoisotopic (exact) mass is 655 g/mol. The number of fused-ring (bicyclic) bond motifs is 2. The maximum absolute atomic E-state index is 16.6. The second-order valence-corrected chi connectivity index (χ2v) is 12.8. The van der Waals surface area contributed by atoms with Crippen molar-refractivity contribution in [1.29, 1.82) is 0 Å². The van der Waals surface area contributed by atoms with Gasteiger partial charge in [-0.25, -0.2) is 18.2 Å². The zero-order chi connectivity index (χ0) is 32.7. The van der Waals surface area contributed by atoms with Crippen LogP contribution in [0.1, 0.15) is 60.3 Å². The first kappa shape index (κ1) is 30.3. The van der Waals surface area contributed by atoms with Crippen LogP contribution < -0.4 is 20.5 Å². The van der Waals surface area contributed by atoms with Gasteiger partial charge in [-0.05, 0) is 56.7 Å². The molecule has 0 spiro atoms. The highest BCUT2D eigenvalue weighted by Crippen LogP contribution is 2.52. The number of methoxy groups -OCH3 is 1. The number of amides is 2. The first-order valence-corrected chi connectivity index (χ1v) is 15.1. The highest BCUT2D eigenvalue weighted by molar-refractivity contribution is 6.31. The summed E-state index contributed by atoms with van der Waals surface area (Å²) >= 11 is 5.97. The number of aliphatic hydroxyl groups is 1. The Morgan fingerprint density at radius 2 is 1.93 bits per heavy atom. The topological polar surface area (TPSA) is 142 Å². The summed E-state index contributed by atoms with van der Waals surface area (Å²) in [4.78, 5) is 30.4. The molecule has 4 aromatic rings. The Balaban J connectivity index is 1.30. The molecule has 7 rings (SSSR count). The molecule has 2 atom stereocenters. The van der Waals surface area contributed by atoms with Gasteiger partial charge >= 0.3 is 0 Å². The fourth-order valence-electron chi connectivity index (χ4n) is 6.07. The number of nitrogens with one attached hydrogen (secondary N) is 1. The van der Waals surface area contributed by atoms with Crippen molar-refractivity contribution < 1.29 is 37.3 Å². The van der Waals surface area contributed by atoms with Gasteiger partial charge in [0, 0.05) is 28.8 Å². The van der Waals surface area contributed by atoms with Crippen molar-refractivity contribution in [2.24, 2.45) is 11.7 Å². The van der Waals surface area contributed by atoms with Crippen molar-refractivity contribution in [1.82, 2.24) is 20.1 Å². The fourth-order valence-corrected chi connectivity index (χ4v) is 6.24. The maximum Gasteiger partial charge on any atom is 0.251 e. The Morgan fingerprint density at radius 3 is 2.59 bits per heavy atom. The average Bonchev–Trinajstić information content (AvgIpc) is 3.97. The molecule has 46 heavy (non-hydrogen) atoms. The van der Waals surface area contributed by atoms with Crippen molar-refractivity contribution in [3.8, 4) is 22.8 Å². The second-order valence-electron chi connectivity index (χ2n) is 12.4. The SMILES string of the molecule is COc1cc(C(=O)NCC(O)(c2nc(-c3cc(Cl)c(F)cc3F)c3c(c2F)[C@](C)(C(N)=O)CO3)C2CC2)cc2cn(C3CC3)nc12. The van der Waals surface area contributed by atoms with E-state index in [2.05, 4.69) is 15.4 Å². The minimum atomic E-state index is -2.10. The predicted octanol–water partition coefficient (Wildman–Crippen LogP) is 4.68. The molecule has 0 bridgehead atoms. The number of halogens is 4. The first-order valence-electron chi connectivity index (χ1n) is 14.7. The highest BCUT2D eigenvalue weighted by Gasteiger charge is 2.53. The second kappa shape index (κ2) is 10.6. The van der Waals surface area contributed by atoms with Crippen LogP contribution in [0.25, 0.3) is 22.2 Å². The van der Waals surface area contributed by atoms with Gasteiger partial charge < -0.3 is 25.6 Å². The molecule has 14 heteroatoms. The first-order chi connectivity index (χ1) is 21.9. The van der Waals surface area contributed by atoms with Crippen LogP contribution in [0.2, 0.25) is 5.02 Å². The number of benzene rings is 2. The molecule has 10 nitrogen and oxygen atoms in total.